The molecule has 0 spiro atoms. The molecule has 1 fully saturated rings. The van der Waals surface area contributed by atoms with E-state index in [9.17, 15) is 9.90 Å². The summed E-state index contributed by atoms with van der Waals surface area (Å²) in [5.74, 6) is -0.428. The molecule has 1 N–H and O–H groups in total. The average Bonchev–Trinajstić information content (AvgIpc) is 2.97. The van der Waals surface area contributed by atoms with Gasteiger partial charge < -0.3 is 9.84 Å². The van der Waals surface area contributed by atoms with Gasteiger partial charge in [0.05, 0.1) is 15.8 Å². The highest BCUT2D eigenvalue weighted by atomic mass is 79.9. The summed E-state index contributed by atoms with van der Waals surface area (Å²) in [7, 11) is 0. The summed E-state index contributed by atoms with van der Waals surface area (Å²) in [6, 6.07) is 3.43. The molecule has 4 nitrogen and oxygen atoms in total. The first-order valence-corrected chi connectivity index (χ1v) is 7.64. The number of hydrogen-bond donors (Lipinski definition) is 1. The summed E-state index contributed by atoms with van der Waals surface area (Å²) >= 11 is 4.84. The topological polar surface area (TPSA) is 59.4 Å². The van der Waals surface area contributed by atoms with Crippen molar-refractivity contribution >= 4 is 43.5 Å². The van der Waals surface area contributed by atoms with Gasteiger partial charge in [0.15, 0.2) is 3.92 Å². The molecule has 0 amide bonds. The maximum Gasteiger partial charge on any atom is 0.335 e. The van der Waals surface area contributed by atoms with Crippen LogP contribution in [0, 0.1) is 5.92 Å². The van der Waals surface area contributed by atoms with Crippen molar-refractivity contribution in [3.05, 3.63) is 27.2 Å². The minimum atomic E-state index is -0.893. The van der Waals surface area contributed by atoms with Crippen molar-refractivity contribution in [2.24, 2.45) is 5.92 Å². The number of aromatic nitrogens is 1. The van der Waals surface area contributed by atoms with Crippen LogP contribution < -0.4 is 0 Å². The third kappa shape index (κ3) is 2.66. The first-order chi connectivity index (χ1) is 9.13. The minimum absolute atomic E-state index is 0.331. The van der Waals surface area contributed by atoms with E-state index in [0.29, 0.717) is 11.5 Å². The Kier molecular flexibility index (Phi) is 3.56. The van der Waals surface area contributed by atoms with Gasteiger partial charge in [-0.25, -0.2) is 9.78 Å². The molecule has 2 heterocycles. The zero-order chi connectivity index (χ0) is 13.4. The third-order valence-electron chi connectivity index (χ3n) is 3.33. The van der Waals surface area contributed by atoms with Gasteiger partial charge in [0.1, 0.15) is 0 Å². The predicted octanol–water partition coefficient (Wildman–Crippen LogP) is 3.34. The van der Waals surface area contributed by atoms with E-state index in [2.05, 4.69) is 20.9 Å². The Morgan fingerprint density at radius 3 is 3.11 bits per heavy atom. The Labute approximate surface area is 122 Å². The highest BCUT2D eigenvalue weighted by Gasteiger charge is 2.20. The normalized spacial score (nSPS) is 19.1. The summed E-state index contributed by atoms with van der Waals surface area (Å²) in [6.45, 7) is 1.55. The van der Waals surface area contributed by atoms with E-state index in [0.717, 1.165) is 45.8 Å². The lowest BCUT2D eigenvalue weighted by molar-refractivity contribution is 0.0697. The molecule has 1 aliphatic heterocycles. The molecule has 3 rings (SSSR count). The quantitative estimate of drug-likeness (QED) is 0.930. The van der Waals surface area contributed by atoms with Gasteiger partial charge in [-0.15, -0.1) is 11.3 Å². The maximum atomic E-state index is 11.2. The van der Waals surface area contributed by atoms with E-state index in [1.807, 2.05) is 0 Å². The molecule has 0 aliphatic carbocycles. The number of ether oxygens (including phenoxy) is 1. The van der Waals surface area contributed by atoms with Crippen LogP contribution in [-0.4, -0.2) is 29.3 Å². The van der Waals surface area contributed by atoms with E-state index in [4.69, 9.17) is 4.74 Å². The second-order valence-electron chi connectivity index (χ2n) is 4.69. The first-order valence-electron chi connectivity index (χ1n) is 6.03. The molecule has 2 aromatic rings. The molecule has 1 atom stereocenters. The van der Waals surface area contributed by atoms with Gasteiger partial charge in [0, 0.05) is 13.2 Å². The number of carboxylic acid groups (broad SMARTS) is 1. The molecule has 1 saturated heterocycles. The Bertz CT molecular complexity index is 634. The zero-order valence-electron chi connectivity index (χ0n) is 10.1. The van der Waals surface area contributed by atoms with Crippen molar-refractivity contribution in [1.29, 1.82) is 0 Å². The number of carboxylic acids is 1. The standard InChI is InChI=1S/C13H12BrNO3S/c14-13-15-11-8(3-7-1-2-18-6-7)4-9(12(16)17)5-10(11)19-13/h4-5,7H,1-3,6H2,(H,16,17)/t7-/m1/s1. The highest BCUT2D eigenvalue weighted by Crippen LogP contribution is 2.32. The van der Waals surface area contributed by atoms with Crippen LogP contribution in [0.3, 0.4) is 0 Å². The molecule has 0 bridgehead atoms. The molecule has 6 heteroatoms. The molecule has 1 aromatic heterocycles. The van der Waals surface area contributed by atoms with Crippen LogP contribution in [0.15, 0.2) is 16.0 Å². The van der Waals surface area contributed by atoms with Gasteiger partial charge in [-0.05, 0) is 52.4 Å². The molecule has 1 aromatic carbocycles. The molecule has 0 unspecified atom stereocenters. The fourth-order valence-corrected chi connectivity index (χ4v) is 3.88. The van der Waals surface area contributed by atoms with Crippen molar-refractivity contribution in [3.63, 3.8) is 0 Å². The van der Waals surface area contributed by atoms with Crippen molar-refractivity contribution in [2.45, 2.75) is 12.8 Å². The summed E-state index contributed by atoms with van der Waals surface area (Å²) < 4.78 is 7.08. The average molecular weight is 342 g/mol. The van der Waals surface area contributed by atoms with Gasteiger partial charge in [-0.2, -0.15) is 0 Å². The third-order valence-corrected chi connectivity index (χ3v) is 4.78. The molecule has 0 saturated carbocycles. The van der Waals surface area contributed by atoms with Crippen molar-refractivity contribution in [3.8, 4) is 0 Å². The summed E-state index contributed by atoms with van der Waals surface area (Å²) in [4.78, 5) is 15.6. The van der Waals surface area contributed by atoms with E-state index in [1.165, 1.54) is 11.3 Å². The van der Waals surface area contributed by atoms with Crippen LogP contribution in [-0.2, 0) is 11.2 Å². The number of carbonyl (C=O) groups is 1. The molecule has 0 radical (unpaired) electrons. The SMILES string of the molecule is O=C(O)c1cc(C[C@H]2CCOC2)c2nc(Br)sc2c1. The summed E-state index contributed by atoms with van der Waals surface area (Å²) in [5, 5.41) is 9.18. The van der Waals surface area contributed by atoms with E-state index < -0.39 is 5.97 Å². The number of aromatic carboxylic acids is 1. The molecular formula is C13H12BrNO3S. The van der Waals surface area contributed by atoms with E-state index >= 15 is 0 Å². The molecule has 19 heavy (non-hydrogen) atoms. The van der Waals surface area contributed by atoms with Crippen molar-refractivity contribution < 1.29 is 14.6 Å². The lowest BCUT2D eigenvalue weighted by atomic mass is 9.96. The number of thiazole rings is 1. The smallest absolute Gasteiger partial charge is 0.335 e. The fourth-order valence-electron chi connectivity index (χ4n) is 2.41. The molecular weight excluding hydrogens is 330 g/mol. The number of halogens is 1. The van der Waals surface area contributed by atoms with Gasteiger partial charge in [0.25, 0.3) is 0 Å². The van der Waals surface area contributed by atoms with Crippen molar-refractivity contribution in [1.82, 2.24) is 4.98 Å². The van der Waals surface area contributed by atoms with Crippen LogP contribution in [0.25, 0.3) is 10.2 Å². The van der Waals surface area contributed by atoms with E-state index in [-0.39, 0.29) is 0 Å². The Morgan fingerprint density at radius 1 is 1.58 bits per heavy atom. The second kappa shape index (κ2) is 5.19. The summed E-state index contributed by atoms with van der Waals surface area (Å²) in [6.07, 6.45) is 1.86. The number of fused-ring (bicyclic) bond motifs is 1. The van der Waals surface area contributed by atoms with Gasteiger partial charge in [-0.3, -0.25) is 0 Å². The predicted molar refractivity (Wildman–Crippen MR) is 76.9 cm³/mol. The zero-order valence-corrected chi connectivity index (χ0v) is 12.5. The Morgan fingerprint density at radius 2 is 2.42 bits per heavy atom. The Hall–Kier alpha value is -0.980. The highest BCUT2D eigenvalue weighted by molar-refractivity contribution is 9.11. The number of nitrogens with zero attached hydrogens (tertiary/aromatic N) is 1. The van der Waals surface area contributed by atoms with E-state index in [1.54, 1.807) is 12.1 Å². The lowest BCUT2D eigenvalue weighted by Gasteiger charge is -2.09. The first kappa shape index (κ1) is 13.0. The minimum Gasteiger partial charge on any atom is -0.478 e. The van der Waals surface area contributed by atoms with Crippen LogP contribution in [0.5, 0.6) is 0 Å². The lowest BCUT2D eigenvalue weighted by Crippen LogP contribution is -2.06. The summed E-state index contributed by atoms with van der Waals surface area (Å²) in [5.41, 5.74) is 2.25. The van der Waals surface area contributed by atoms with Crippen LogP contribution in [0.4, 0.5) is 0 Å². The number of benzene rings is 1. The van der Waals surface area contributed by atoms with Crippen molar-refractivity contribution in [2.75, 3.05) is 13.2 Å². The largest absolute Gasteiger partial charge is 0.478 e. The monoisotopic (exact) mass is 341 g/mol. The van der Waals surface area contributed by atoms with Gasteiger partial charge in [-0.1, -0.05) is 0 Å². The fraction of sp³-hybridized carbons (Fsp3) is 0.385. The van der Waals surface area contributed by atoms with Gasteiger partial charge in [0.2, 0.25) is 0 Å². The van der Waals surface area contributed by atoms with Crippen LogP contribution in [0.2, 0.25) is 0 Å². The second-order valence-corrected chi connectivity index (χ2v) is 6.99. The number of hydrogen-bond acceptors (Lipinski definition) is 4. The Balaban J connectivity index is 2.05. The molecule has 100 valence electrons. The number of rotatable bonds is 3. The van der Waals surface area contributed by atoms with Crippen LogP contribution >= 0.6 is 27.3 Å². The van der Waals surface area contributed by atoms with Gasteiger partial charge >= 0.3 is 5.97 Å². The molecule has 1 aliphatic rings. The van der Waals surface area contributed by atoms with Crippen LogP contribution in [0.1, 0.15) is 22.3 Å². The maximum absolute atomic E-state index is 11.2.